The zero-order chi connectivity index (χ0) is 12.3. The van der Waals surface area contributed by atoms with Gasteiger partial charge in [0, 0.05) is 22.6 Å². The van der Waals surface area contributed by atoms with Gasteiger partial charge in [-0.1, -0.05) is 33.6 Å². The Morgan fingerprint density at radius 2 is 2.35 bits per heavy atom. The molecule has 1 aromatic rings. The molecule has 0 spiro atoms. The van der Waals surface area contributed by atoms with Gasteiger partial charge in [0.15, 0.2) is 0 Å². The van der Waals surface area contributed by atoms with E-state index in [1.54, 1.807) is 0 Å². The van der Waals surface area contributed by atoms with Gasteiger partial charge in [-0.3, -0.25) is 4.79 Å². The van der Waals surface area contributed by atoms with Crippen LogP contribution in [0.2, 0.25) is 5.02 Å². The van der Waals surface area contributed by atoms with Crippen molar-refractivity contribution in [2.45, 2.75) is 25.4 Å². The number of amides is 1. The monoisotopic (exact) mass is 316 g/mol. The molecule has 1 atom stereocenters. The first-order valence-electron chi connectivity index (χ1n) is 5.62. The van der Waals surface area contributed by atoms with Gasteiger partial charge in [0.05, 0.1) is 6.04 Å². The first kappa shape index (κ1) is 12.9. The summed E-state index contributed by atoms with van der Waals surface area (Å²) in [4.78, 5) is 11.5. The number of halogens is 2. The van der Waals surface area contributed by atoms with Gasteiger partial charge in [0.25, 0.3) is 0 Å². The van der Waals surface area contributed by atoms with Crippen LogP contribution in [-0.2, 0) is 11.3 Å². The minimum Gasteiger partial charge on any atom is -0.355 e. The number of piperidine rings is 1. The fraction of sp³-hybridized carbons (Fsp3) is 0.417. The highest BCUT2D eigenvalue weighted by atomic mass is 79.9. The van der Waals surface area contributed by atoms with Crippen LogP contribution in [0, 0.1) is 0 Å². The van der Waals surface area contributed by atoms with Crippen molar-refractivity contribution in [2.75, 3.05) is 6.54 Å². The van der Waals surface area contributed by atoms with E-state index < -0.39 is 0 Å². The van der Waals surface area contributed by atoms with Gasteiger partial charge in [-0.2, -0.15) is 0 Å². The van der Waals surface area contributed by atoms with E-state index in [0.29, 0.717) is 11.6 Å². The van der Waals surface area contributed by atoms with Crippen molar-refractivity contribution in [1.82, 2.24) is 10.6 Å². The van der Waals surface area contributed by atoms with E-state index in [1.165, 1.54) is 0 Å². The maximum atomic E-state index is 11.5. The van der Waals surface area contributed by atoms with Crippen molar-refractivity contribution in [1.29, 1.82) is 0 Å². The Morgan fingerprint density at radius 1 is 1.53 bits per heavy atom. The number of nitrogens with one attached hydrogen (secondary N) is 2. The number of benzene rings is 1. The van der Waals surface area contributed by atoms with Gasteiger partial charge >= 0.3 is 0 Å². The molecule has 1 fully saturated rings. The normalized spacial score (nSPS) is 20.1. The van der Waals surface area contributed by atoms with Gasteiger partial charge in [0.2, 0.25) is 5.91 Å². The molecule has 1 aliphatic rings. The van der Waals surface area contributed by atoms with Crippen LogP contribution in [-0.4, -0.2) is 18.5 Å². The zero-order valence-electron chi connectivity index (χ0n) is 9.30. The van der Waals surface area contributed by atoms with Gasteiger partial charge in [-0.05, 0) is 30.5 Å². The molecule has 0 radical (unpaired) electrons. The number of rotatable bonds is 3. The molecule has 2 rings (SSSR count). The van der Waals surface area contributed by atoms with Crippen LogP contribution in [0.5, 0.6) is 0 Å². The summed E-state index contributed by atoms with van der Waals surface area (Å²) in [6.07, 6.45) is 1.91. The fourth-order valence-electron chi connectivity index (χ4n) is 1.87. The molecular weight excluding hydrogens is 304 g/mol. The molecule has 1 aromatic carbocycles. The van der Waals surface area contributed by atoms with Crippen LogP contribution < -0.4 is 10.6 Å². The van der Waals surface area contributed by atoms with Crippen molar-refractivity contribution >= 4 is 33.4 Å². The highest BCUT2D eigenvalue weighted by Crippen LogP contribution is 2.21. The van der Waals surface area contributed by atoms with Gasteiger partial charge < -0.3 is 10.6 Å². The maximum absolute atomic E-state index is 11.5. The molecule has 0 aliphatic carbocycles. The third kappa shape index (κ3) is 3.44. The summed E-state index contributed by atoms with van der Waals surface area (Å²) in [7, 11) is 0. The predicted molar refractivity (Wildman–Crippen MR) is 72.0 cm³/mol. The molecule has 1 amide bonds. The topological polar surface area (TPSA) is 41.1 Å². The molecule has 2 N–H and O–H groups in total. The van der Waals surface area contributed by atoms with Crippen LogP contribution in [0.15, 0.2) is 22.7 Å². The molecule has 1 aliphatic heterocycles. The lowest BCUT2D eigenvalue weighted by molar-refractivity contribution is -0.124. The van der Waals surface area contributed by atoms with Crippen LogP contribution in [0.3, 0.4) is 0 Å². The van der Waals surface area contributed by atoms with Crippen LogP contribution in [0.25, 0.3) is 0 Å². The predicted octanol–water partition coefficient (Wildman–Crippen LogP) is 2.47. The Morgan fingerprint density at radius 3 is 3.06 bits per heavy atom. The van der Waals surface area contributed by atoms with Gasteiger partial charge in [-0.15, -0.1) is 0 Å². The second-order valence-electron chi connectivity index (χ2n) is 4.10. The van der Waals surface area contributed by atoms with Crippen molar-refractivity contribution < 1.29 is 4.79 Å². The van der Waals surface area contributed by atoms with Crippen LogP contribution in [0.1, 0.15) is 18.4 Å². The standard InChI is InChI=1S/C12H14BrClN2O/c13-9-4-3-8(10(14)6-9)7-16-11-2-1-5-15-12(11)17/h3-4,6,11,16H,1-2,5,7H2,(H,15,17). The maximum Gasteiger partial charge on any atom is 0.237 e. The third-order valence-electron chi connectivity index (χ3n) is 2.84. The van der Waals surface area contributed by atoms with Gasteiger partial charge in [0.1, 0.15) is 0 Å². The summed E-state index contributed by atoms with van der Waals surface area (Å²) >= 11 is 9.48. The molecule has 1 unspecified atom stereocenters. The minimum absolute atomic E-state index is 0.0875. The quantitative estimate of drug-likeness (QED) is 0.899. The Hall–Kier alpha value is -0.580. The Bertz CT molecular complexity index is 425. The Labute approximate surface area is 114 Å². The zero-order valence-corrected chi connectivity index (χ0v) is 11.6. The average Bonchev–Trinajstić information content (AvgIpc) is 2.30. The first-order valence-corrected chi connectivity index (χ1v) is 6.79. The summed E-state index contributed by atoms with van der Waals surface area (Å²) in [6.45, 7) is 1.40. The Balaban J connectivity index is 1.95. The lowest BCUT2D eigenvalue weighted by atomic mass is 10.1. The van der Waals surface area contributed by atoms with E-state index in [0.717, 1.165) is 29.4 Å². The number of carbonyl (C=O) groups excluding carboxylic acids is 1. The van der Waals surface area contributed by atoms with E-state index in [1.807, 2.05) is 18.2 Å². The summed E-state index contributed by atoms with van der Waals surface area (Å²) in [5.41, 5.74) is 1.01. The van der Waals surface area contributed by atoms with E-state index in [9.17, 15) is 4.79 Å². The van der Waals surface area contributed by atoms with Gasteiger partial charge in [-0.25, -0.2) is 0 Å². The SMILES string of the molecule is O=C1NCCCC1NCc1ccc(Br)cc1Cl. The van der Waals surface area contributed by atoms with Crippen LogP contribution >= 0.6 is 27.5 Å². The summed E-state index contributed by atoms with van der Waals surface area (Å²) in [5.74, 6) is 0.0875. The molecule has 0 saturated carbocycles. The highest BCUT2D eigenvalue weighted by Gasteiger charge is 2.21. The second-order valence-corrected chi connectivity index (χ2v) is 5.43. The summed E-state index contributed by atoms with van der Waals surface area (Å²) in [6, 6.07) is 5.67. The van der Waals surface area contributed by atoms with Crippen molar-refractivity contribution in [2.24, 2.45) is 0 Å². The molecule has 0 bridgehead atoms. The Kier molecular flexibility index (Phi) is 4.42. The lowest BCUT2D eigenvalue weighted by Crippen LogP contribution is -2.47. The molecule has 3 nitrogen and oxygen atoms in total. The van der Waals surface area contributed by atoms with Crippen molar-refractivity contribution in [3.05, 3.63) is 33.3 Å². The largest absolute Gasteiger partial charge is 0.355 e. The minimum atomic E-state index is -0.0940. The second kappa shape index (κ2) is 5.85. The van der Waals surface area contributed by atoms with E-state index in [2.05, 4.69) is 26.6 Å². The summed E-state index contributed by atoms with van der Waals surface area (Å²) < 4.78 is 0.960. The molecular formula is C12H14BrClN2O. The highest BCUT2D eigenvalue weighted by molar-refractivity contribution is 9.10. The molecule has 17 heavy (non-hydrogen) atoms. The lowest BCUT2D eigenvalue weighted by Gasteiger charge is -2.23. The summed E-state index contributed by atoms with van der Waals surface area (Å²) in [5, 5.41) is 6.80. The van der Waals surface area contributed by atoms with E-state index in [-0.39, 0.29) is 11.9 Å². The molecule has 1 heterocycles. The molecule has 1 saturated heterocycles. The van der Waals surface area contributed by atoms with Crippen LogP contribution in [0.4, 0.5) is 0 Å². The third-order valence-corrected chi connectivity index (χ3v) is 3.68. The average molecular weight is 318 g/mol. The number of hydrogen-bond donors (Lipinski definition) is 2. The van der Waals surface area contributed by atoms with E-state index in [4.69, 9.17) is 11.6 Å². The van der Waals surface area contributed by atoms with E-state index >= 15 is 0 Å². The molecule has 0 aromatic heterocycles. The number of carbonyl (C=O) groups is 1. The molecule has 92 valence electrons. The smallest absolute Gasteiger partial charge is 0.237 e. The van der Waals surface area contributed by atoms with Crippen molar-refractivity contribution in [3.63, 3.8) is 0 Å². The number of hydrogen-bond acceptors (Lipinski definition) is 2. The van der Waals surface area contributed by atoms with Crippen molar-refractivity contribution in [3.8, 4) is 0 Å². The first-order chi connectivity index (χ1) is 8.16. The fourth-order valence-corrected chi connectivity index (χ4v) is 2.61. The molecule has 5 heteroatoms.